The SMILES string of the molecule is CN(C)S(=O)(=O)c1cccc(-c2nn(-c3ccccc3)cc2C=C2SC(=S)N(Cc3ccco3)C2=O)c1. The van der Waals surface area contributed by atoms with Gasteiger partial charge >= 0.3 is 0 Å². The van der Waals surface area contributed by atoms with Crippen LogP contribution in [0.5, 0.6) is 0 Å². The molecule has 1 aliphatic rings. The molecule has 3 heterocycles. The Hall–Kier alpha value is -3.51. The van der Waals surface area contributed by atoms with Crippen LogP contribution in [0.4, 0.5) is 0 Å². The number of aromatic nitrogens is 2. The normalized spacial score (nSPS) is 15.3. The lowest BCUT2D eigenvalue weighted by Gasteiger charge is -2.12. The fraction of sp³-hybridized carbons (Fsp3) is 0.115. The Labute approximate surface area is 224 Å². The highest BCUT2D eigenvalue weighted by atomic mass is 32.2. The Bertz CT molecular complexity index is 1610. The van der Waals surface area contributed by atoms with Crippen LogP contribution in [-0.2, 0) is 21.4 Å². The second-order valence-electron chi connectivity index (χ2n) is 8.38. The third kappa shape index (κ3) is 5.03. The Balaban J connectivity index is 1.58. The zero-order valence-corrected chi connectivity index (χ0v) is 22.4. The molecule has 0 N–H and O–H groups in total. The summed E-state index contributed by atoms with van der Waals surface area (Å²) in [5, 5.41) is 4.77. The number of furan rings is 1. The average molecular weight is 551 g/mol. The summed E-state index contributed by atoms with van der Waals surface area (Å²) in [7, 11) is -0.667. The maximum atomic E-state index is 13.2. The molecule has 37 heavy (non-hydrogen) atoms. The summed E-state index contributed by atoms with van der Waals surface area (Å²) in [6, 6.07) is 19.7. The predicted octanol–water partition coefficient (Wildman–Crippen LogP) is 4.78. The summed E-state index contributed by atoms with van der Waals surface area (Å²) in [4.78, 5) is 15.3. The van der Waals surface area contributed by atoms with Gasteiger partial charge in [0.1, 0.15) is 15.8 Å². The first kappa shape index (κ1) is 25.2. The standard InChI is InChI=1S/C26H22N4O4S3/c1-28(2)37(32,33)22-12-6-8-18(14-22)24-19(16-30(27-24)20-9-4-3-5-10-20)15-23-25(31)29(26(35)36-23)17-21-11-7-13-34-21/h3-16H,17H2,1-2H3. The number of hydrogen-bond donors (Lipinski definition) is 0. The van der Waals surface area contributed by atoms with E-state index in [1.54, 1.807) is 53.4 Å². The number of nitrogens with zero attached hydrogens (tertiary/aromatic N) is 4. The highest BCUT2D eigenvalue weighted by Crippen LogP contribution is 2.36. The number of carbonyl (C=O) groups excluding carboxylic acids is 1. The van der Waals surface area contributed by atoms with Crippen LogP contribution < -0.4 is 0 Å². The van der Waals surface area contributed by atoms with Gasteiger partial charge in [0.05, 0.1) is 28.3 Å². The largest absolute Gasteiger partial charge is 0.467 e. The van der Waals surface area contributed by atoms with Crippen molar-refractivity contribution in [3.05, 3.63) is 95.4 Å². The van der Waals surface area contributed by atoms with E-state index in [4.69, 9.17) is 21.7 Å². The van der Waals surface area contributed by atoms with Crippen LogP contribution in [0.1, 0.15) is 11.3 Å². The number of thiocarbonyl (C=S) groups is 1. The molecule has 0 radical (unpaired) electrons. The van der Waals surface area contributed by atoms with Crippen LogP contribution >= 0.6 is 24.0 Å². The number of benzene rings is 2. The van der Waals surface area contributed by atoms with Crippen molar-refractivity contribution >= 4 is 50.3 Å². The Morgan fingerprint density at radius 2 is 1.86 bits per heavy atom. The van der Waals surface area contributed by atoms with Gasteiger partial charge in [0, 0.05) is 31.4 Å². The van der Waals surface area contributed by atoms with Gasteiger partial charge in [0.2, 0.25) is 10.0 Å². The van der Waals surface area contributed by atoms with Gasteiger partial charge in [-0.2, -0.15) is 5.10 Å². The molecule has 1 aliphatic heterocycles. The van der Waals surface area contributed by atoms with E-state index in [9.17, 15) is 13.2 Å². The van der Waals surface area contributed by atoms with Crippen molar-refractivity contribution in [2.24, 2.45) is 0 Å². The topological polar surface area (TPSA) is 88.7 Å². The molecule has 2 aromatic heterocycles. The molecule has 0 aliphatic carbocycles. The molecule has 1 fully saturated rings. The molecule has 2 aromatic carbocycles. The number of para-hydroxylation sites is 1. The third-order valence-electron chi connectivity index (χ3n) is 5.70. The summed E-state index contributed by atoms with van der Waals surface area (Å²) >= 11 is 6.67. The summed E-state index contributed by atoms with van der Waals surface area (Å²) < 4.78 is 34.2. The minimum atomic E-state index is -3.64. The Morgan fingerprint density at radius 1 is 1.08 bits per heavy atom. The van der Waals surface area contributed by atoms with E-state index < -0.39 is 10.0 Å². The fourth-order valence-corrected chi connectivity index (χ4v) is 5.97. The summed E-state index contributed by atoms with van der Waals surface area (Å²) in [5.41, 5.74) is 2.62. The third-order valence-corrected chi connectivity index (χ3v) is 8.89. The molecule has 1 saturated heterocycles. The van der Waals surface area contributed by atoms with Crippen LogP contribution in [0.25, 0.3) is 23.0 Å². The van der Waals surface area contributed by atoms with Crippen molar-refractivity contribution < 1.29 is 17.6 Å². The highest BCUT2D eigenvalue weighted by Gasteiger charge is 2.33. The van der Waals surface area contributed by atoms with Gasteiger partial charge in [-0.3, -0.25) is 9.69 Å². The molecule has 11 heteroatoms. The van der Waals surface area contributed by atoms with E-state index in [1.165, 1.54) is 35.1 Å². The molecular formula is C26H22N4O4S3. The maximum absolute atomic E-state index is 13.2. The van der Waals surface area contributed by atoms with Gasteiger partial charge in [-0.05, 0) is 42.5 Å². The second kappa shape index (κ2) is 10.1. The monoisotopic (exact) mass is 550 g/mol. The van der Waals surface area contributed by atoms with Crippen molar-refractivity contribution in [1.82, 2.24) is 19.0 Å². The van der Waals surface area contributed by atoms with Gasteiger partial charge in [-0.15, -0.1) is 0 Å². The zero-order valence-electron chi connectivity index (χ0n) is 19.9. The molecule has 0 saturated carbocycles. The first-order valence-electron chi connectivity index (χ1n) is 11.2. The van der Waals surface area contributed by atoms with Gasteiger partial charge < -0.3 is 4.42 Å². The van der Waals surface area contributed by atoms with Crippen molar-refractivity contribution in [2.45, 2.75) is 11.4 Å². The van der Waals surface area contributed by atoms with Gasteiger partial charge in [-0.1, -0.05) is 54.3 Å². The molecule has 0 spiro atoms. The van der Waals surface area contributed by atoms with Crippen LogP contribution in [0.3, 0.4) is 0 Å². The van der Waals surface area contributed by atoms with Crippen molar-refractivity contribution in [3.63, 3.8) is 0 Å². The van der Waals surface area contributed by atoms with Gasteiger partial charge in [0.15, 0.2) is 0 Å². The van der Waals surface area contributed by atoms with Crippen LogP contribution in [0.2, 0.25) is 0 Å². The van der Waals surface area contributed by atoms with E-state index in [1.807, 2.05) is 36.5 Å². The Kier molecular flexibility index (Phi) is 6.86. The number of amides is 1. The molecule has 4 aromatic rings. The predicted molar refractivity (Wildman–Crippen MR) is 147 cm³/mol. The number of hydrogen-bond acceptors (Lipinski definition) is 7. The van der Waals surface area contributed by atoms with E-state index in [-0.39, 0.29) is 17.3 Å². The van der Waals surface area contributed by atoms with E-state index in [0.29, 0.717) is 31.8 Å². The molecule has 1 amide bonds. The summed E-state index contributed by atoms with van der Waals surface area (Å²) in [6.45, 7) is 0.246. The molecule has 8 nitrogen and oxygen atoms in total. The lowest BCUT2D eigenvalue weighted by atomic mass is 10.1. The minimum Gasteiger partial charge on any atom is -0.467 e. The lowest BCUT2D eigenvalue weighted by Crippen LogP contribution is -2.27. The number of thioether (sulfide) groups is 1. The fourth-order valence-electron chi connectivity index (χ4n) is 3.78. The van der Waals surface area contributed by atoms with Gasteiger partial charge in [0.25, 0.3) is 5.91 Å². The van der Waals surface area contributed by atoms with Crippen LogP contribution in [-0.4, -0.2) is 51.7 Å². The first-order chi connectivity index (χ1) is 17.7. The second-order valence-corrected chi connectivity index (χ2v) is 12.2. The molecule has 188 valence electrons. The van der Waals surface area contributed by atoms with Crippen LogP contribution in [0, 0.1) is 0 Å². The molecule has 0 unspecified atom stereocenters. The smallest absolute Gasteiger partial charge is 0.266 e. The van der Waals surface area contributed by atoms with E-state index in [0.717, 1.165) is 5.69 Å². The zero-order chi connectivity index (χ0) is 26.2. The summed E-state index contributed by atoms with van der Waals surface area (Å²) in [5.74, 6) is 0.405. The molecule has 0 atom stereocenters. The van der Waals surface area contributed by atoms with E-state index >= 15 is 0 Å². The number of sulfonamides is 1. The van der Waals surface area contributed by atoms with Gasteiger partial charge in [-0.25, -0.2) is 17.4 Å². The number of carbonyl (C=O) groups is 1. The van der Waals surface area contributed by atoms with Crippen molar-refractivity contribution in [2.75, 3.05) is 14.1 Å². The molecule has 5 rings (SSSR count). The van der Waals surface area contributed by atoms with Crippen molar-refractivity contribution in [1.29, 1.82) is 0 Å². The maximum Gasteiger partial charge on any atom is 0.266 e. The minimum absolute atomic E-state index is 0.153. The van der Waals surface area contributed by atoms with E-state index in [2.05, 4.69) is 0 Å². The Morgan fingerprint density at radius 3 is 2.57 bits per heavy atom. The molecular weight excluding hydrogens is 529 g/mol. The highest BCUT2D eigenvalue weighted by molar-refractivity contribution is 8.26. The van der Waals surface area contributed by atoms with Crippen molar-refractivity contribution in [3.8, 4) is 16.9 Å². The molecule has 0 bridgehead atoms. The average Bonchev–Trinajstić information content (AvgIpc) is 3.62. The van der Waals surface area contributed by atoms with Crippen LogP contribution in [0.15, 0.2) is 93.4 Å². The number of rotatable bonds is 7. The quantitative estimate of drug-likeness (QED) is 0.242. The summed E-state index contributed by atoms with van der Waals surface area (Å²) in [6.07, 6.45) is 5.12. The lowest BCUT2D eigenvalue weighted by molar-refractivity contribution is -0.122. The first-order valence-corrected chi connectivity index (χ1v) is 13.9.